The standard InChI is InChI=1S/C17H17Cl2F3N4O/c1-2-23-17(26-9-14-13(20)4-3-5-24-14)25-8-10-6-11(18)7-12(19)15(10)27-16(21)22/h3-7,16H,2,8-9H2,1H3,(H2,23,25,26). The Morgan fingerprint density at radius 3 is 2.74 bits per heavy atom. The van der Waals surface area contributed by atoms with Crippen LogP contribution < -0.4 is 15.4 Å². The number of hydrogen-bond donors (Lipinski definition) is 2. The van der Waals surface area contributed by atoms with E-state index in [-0.39, 0.29) is 40.1 Å². The Hall–Kier alpha value is -2.19. The van der Waals surface area contributed by atoms with E-state index in [4.69, 9.17) is 23.2 Å². The lowest BCUT2D eigenvalue weighted by Crippen LogP contribution is -2.37. The van der Waals surface area contributed by atoms with E-state index in [0.717, 1.165) is 0 Å². The molecular weight excluding hydrogens is 404 g/mol. The minimum Gasteiger partial charge on any atom is -0.433 e. The number of aliphatic imine (C=N–C) groups is 1. The molecule has 0 saturated carbocycles. The molecule has 2 N–H and O–H groups in total. The fourth-order valence-corrected chi connectivity index (χ4v) is 2.75. The molecule has 2 aromatic rings. The van der Waals surface area contributed by atoms with E-state index in [9.17, 15) is 13.2 Å². The third kappa shape index (κ3) is 6.48. The number of halogens is 5. The number of pyridine rings is 1. The van der Waals surface area contributed by atoms with E-state index >= 15 is 0 Å². The maximum atomic E-state index is 13.7. The molecule has 1 aromatic heterocycles. The Morgan fingerprint density at radius 1 is 1.30 bits per heavy atom. The minimum atomic E-state index is -3.04. The second-order valence-electron chi connectivity index (χ2n) is 5.24. The molecule has 0 aliphatic rings. The molecule has 1 heterocycles. The molecule has 0 fully saturated rings. The highest BCUT2D eigenvalue weighted by Crippen LogP contribution is 2.34. The van der Waals surface area contributed by atoms with Gasteiger partial charge >= 0.3 is 6.61 Å². The Balaban J connectivity index is 2.17. The van der Waals surface area contributed by atoms with Crippen LogP contribution in [0.2, 0.25) is 10.0 Å². The SMILES string of the molecule is CCNC(=NCc1cc(Cl)cc(Cl)c1OC(F)F)NCc1ncccc1F. The monoisotopic (exact) mass is 420 g/mol. The normalized spacial score (nSPS) is 11.6. The van der Waals surface area contributed by atoms with Crippen molar-refractivity contribution in [1.82, 2.24) is 15.6 Å². The predicted octanol–water partition coefficient (Wildman–Crippen LogP) is 4.38. The molecule has 0 aliphatic heterocycles. The predicted molar refractivity (Wildman–Crippen MR) is 98.9 cm³/mol. The van der Waals surface area contributed by atoms with Gasteiger partial charge in [0.15, 0.2) is 5.96 Å². The quantitative estimate of drug-likeness (QED) is 0.515. The molecule has 0 saturated heterocycles. The van der Waals surface area contributed by atoms with Crippen LogP contribution >= 0.6 is 23.2 Å². The van der Waals surface area contributed by atoms with Crippen LogP contribution in [0.15, 0.2) is 35.5 Å². The Bertz CT molecular complexity index is 806. The first kappa shape index (κ1) is 21.1. The summed E-state index contributed by atoms with van der Waals surface area (Å²) in [5.41, 5.74) is 0.504. The van der Waals surface area contributed by atoms with Crippen molar-refractivity contribution >= 4 is 29.2 Å². The summed E-state index contributed by atoms with van der Waals surface area (Å²) in [6.07, 6.45) is 1.48. The van der Waals surface area contributed by atoms with Gasteiger partial charge in [-0.05, 0) is 31.2 Å². The Labute approximate surface area is 164 Å². The van der Waals surface area contributed by atoms with E-state index in [0.29, 0.717) is 12.5 Å². The van der Waals surface area contributed by atoms with Crippen molar-refractivity contribution in [3.63, 3.8) is 0 Å². The van der Waals surface area contributed by atoms with Crippen LogP contribution in [0, 0.1) is 5.82 Å². The smallest absolute Gasteiger partial charge is 0.387 e. The van der Waals surface area contributed by atoms with Gasteiger partial charge in [0.2, 0.25) is 0 Å². The summed E-state index contributed by atoms with van der Waals surface area (Å²) in [5, 5.41) is 6.11. The second-order valence-corrected chi connectivity index (χ2v) is 6.08. The number of hydrogen-bond acceptors (Lipinski definition) is 3. The molecular formula is C17H17Cl2F3N4O. The van der Waals surface area contributed by atoms with E-state index in [1.165, 1.54) is 30.5 Å². The van der Waals surface area contributed by atoms with Gasteiger partial charge in [-0.15, -0.1) is 0 Å². The van der Waals surface area contributed by atoms with Gasteiger partial charge in [-0.25, -0.2) is 9.38 Å². The molecule has 0 radical (unpaired) electrons. The molecule has 27 heavy (non-hydrogen) atoms. The number of rotatable bonds is 7. The van der Waals surface area contributed by atoms with E-state index in [2.05, 4.69) is 25.3 Å². The molecule has 0 aliphatic carbocycles. The Morgan fingerprint density at radius 2 is 2.07 bits per heavy atom. The summed E-state index contributed by atoms with van der Waals surface area (Å²) in [5.74, 6) is -0.303. The maximum absolute atomic E-state index is 13.7. The van der Waals surface area contributed by atoms with E-state index < -0.39 is 12.4 Å². The van der Waals surface area contributed by atoms with Crippen molar-refractivity contribution in [2.45, 2.75) is 26.6 Å². The fraction of sp³-hybridized carbons (Fsp3) is 0.294. The van der Waals surface area contributed by atoms with Gasteiger partial charge in [-0.3, -0.25) is 4.98 Å². The topological polar surface area (TPSA) is 58.5 Å². The fourth-order valence-electron chi connectivity index (χ4n) is 2.17. The summed E-state index contributed by atoms with van der Waals surface area (Å²) < 4.78 is 43.4. The molecule has 146 valence electrons. The van der Waals surface area contributed by atoms with Crippen LogP contribution in [0.5, 0.6) is 5.75 Å². The highest BCUT2D eigenvalue weighted by atomic mass is 35.5. The van der Waals surface area contributed by atoms with Crippen LogP contribution in [0.25, 0.3) is 0 Å². The summed E-state index contributed by atoms with van der Waals surface area (Å²) in [6.45, 7) is -0.602. The molecule has 10 heteroatoms. The number of nitrogens with one attached hydrogen (secondary N) is 2. The van der Waals surface area contributed by atoms with Crippen LogP contribution in [0.3, 0.4) is 0 Å². The highest BCUT2D eigenvalue weighted by molar-refractivity contribution is 6.35. The number of aromatic nitrogens is 1. The number of guanidine groups is 1. The van der Waals surface area contributed by atoms with Gasteiger partial charge in [-0.2, -0.15) is 8.78 Å². The van der Waals surface area contributed by atoms with E-state index in [1.54, 1.807) is 0 Å². The lowest BCUT2D eigenvalue weighted by atomic mass is 10.2. The summed E-state index contributed by atoms with van der Waals surface area (Å²) in [7, 11) is 0. The lowest BCUT2D eigenvalue weighted by Gasteiger charge is -2.14. The zero-order valence-corrected chi connectivity index (χ0v) is 15.8. The van der Waals surface area contributed by atoms with Crippen molar-refractivity contribution in [3.05, 3.63) is 57.6 Å². The number of benzene rings is 1. The summed E-state index contributed by atoms with van der Waals surface area (Å²) >= 11 is 11.9. The van der Waals surface area contributed by atoms with Gasteiger partial charge < -0.3 is 15.4 Å². The van der Waals surface area contributed by atoms with Gasteiger partial charge in [0, 0.05) is 23.3 Å². The van der Waals surface area contributed by atoms with Crippen LogP contribution in [-0.4, -0.2) is 24.1 Å². The molecule has 0 amide bonds. The minimum absolute atomic E-state index is 0.0393. The van der Waals surface area contributed by atoms with Crippen molar-refractivity contribution in [2.24, 2.45) is 4.99 Å². The molecule has 2 rings (SSSR count). The zero-order valence-electron chi connectivity index (χ0n) is 14.3. The largest absolute Gasteiger partial charge is 0.433 e. The number of alkyl halides is 2. The first-order valence-corrected chi connectivity index (χ1v) is 8.70. The number of nitrogens with zero attached hydrogens (tertiary/aromatic N) is 2. The van der Waals surface area contributed by atoms with Crippen LogP contribution in [0.1, 0.15) is 18.2 Å². The first-order chi connectivity index (χ1) is 12.9. The maximum Gasteiger partial charge on any atom is 0.387 e. The molecule has 0 atom stereocenters. The van der Waals surface area contributed by atoms with Crippen LogP contribution in [-0.2, 0) is 13.1 Å². The third-order valence-electron chi connectivity index (χ3n) is 3.30. The first-order valence-electron chi connectivity index (χ1n) is 7.95. The van der Waals surface area contributed by atoms with Gasteiger partial charge in [0.25, 0.3) is 0 Å². The summed E-state index contributed by atoms with van der Waals surface area (Å²) in [6, 6.07) is 5.54. The zero-order chi connectivity index (χ0) is 19.8. The second kappa shape index (κ2) is 10.2. The molecule has 5 nitrogen and oxygen atoms in total. The van der Waals surface area contributed by atoms with Crippen molar-refractivity contribution in [3.8, 4) is 5.75 Å². The Kier molecular flexibility index (Phi) is 7.99. The van der Waals surface area contributed by atoms with E-state index in [1.807, 2.05) is 6.92 Å². The summed E-state index contributed by atoms with van der Waals surface area (Å²) in [4.78, 5) is 8.22. The average molecular weight is 421 g/mol. The van der Waals surface area contributed by atoms with Crippen LogP contribution in [0.4, 0.5) is 13.2 Å². The average Bonchev–Trinajstić information content (AvgIpc) is 2.61. The van der Waals surface area contributed by atoms with Gasteiger partial charge in [0.1, 0.15) is 11.6 Å². The number of ether oxygens (including phenoxy) is 1. The highest BCUT2D eigenvalue weighted by Gasteiger charge is 2.15. The van der Waals surface area contributed by atoms with Gasteiger partial charge in [0.05, 0.1) is 23.8 Å². The van der Waals surface area contributed by atoms with Crippen molar-refractivity contribution in [2.75, 3.05) is 6.54 Å². The van der Waals surface area contributed by atoms with Crippen molar-refractivity contribution < 1.29 is 17.9 Å². The molecule has 1 aromatic carbocycles. The lowest BCUT2D eigenvalue weighted by molar-refractivity contribution is -0.0503. The molecule has 0 unspecified atom stereocenters. The van der Waals surface area contributed by atoms with Crippen molar-refractivity contribution in [1.29, 1.82) is 0 Å². The third-order valence-corrected chi connectivity index (χ3v) is 3.80. The molecule has 0 spiro atoms. The van der Waals surface area contributed by atoms with Gasteiger partial charge in [-0.1, -0.05) is 23.2 Å². The molecule has 0 bridgehead atoms.